The molecule has 0 bridgehead atoms. The lowest BCUT2D eigenvalue weighted by Gasteiger charge is -2.08. The van der Waals surface area contributed by atoms with Crippen LogP contribution in [-0.2, 0) is 6.42 Å². The highest BCUT2D eigenvalue weighted by Crippen LogP contribution is 2.34. The first kappa shape index (κ1) is 21.5. The van der Waals surface area contributed by atoms with Crippen molar-refractivity contribution in [3.05, 3.63) is 94.1 Å². The lowest BCUT2D eigenvalue weighted by molar-refractivity contribution is 0.588. The van der Waals surface area contributed by atoms with Crippen LogP contribution in [0.2, 0.25) is 0 Å². The molecule has 0 spiro atoms. The molecule has 0 saturated heterocycles. The van der Waals surface area contributed by atoms with Crippen LogP contribution in [0.15, 0.2) is 65.2 Å². The molecule has 0 aliphatic heterocycles. The van der Waals surface area contributed by atoms with Gasteiger partial charge in [0.05, 0.1) is 5.16 Å². The smallest absolute Gasteiger partial charge is 0.153 e. The summed E-state index contributed by atoms with van der Waals surface area (Å²) in [6.45, 7) is 0. The fourth-order valence-corrected chi connectivity index (χ4v) is 4.83. The number of allylic oxidation sites excluding steroid dienone is 1. The number of benzene rings is 3. The summed E-state index contributed by atoms with van der Waals surface area (Å²) in [5, 5.41) is 2.01. The van der Waals surface area contributed by atoms with Crippen LogP contribution in [0.25, 0.3) is 17.2 Å². The minimum Gasteiger partial charge on any atom is -0.204 e. The topological polar surface area (TPSA) is 12.4 Å². The molecule has 1 nitrogen and oxygen atoms in total. The maximum atomic E-state index is 14.2. The molecule has 0 unspecified atom stereocenters. The molecule has 4 heteroatoms. The number of hydrogen-bond donors (Lipinski definition) is 0. The van der Waals surface area contributed by atoms with Crippen LogP contribution in [0, 0.1) is 23.5 Å². The van der Waals surface area contributed by atoms with Crippen LogP contribution in [0.5, 0.6) is 0 Å². The summed E-state index contributed by atoms with van der Waals surface area (Å²) in [5.74, 6) is 5.76. The monoisotopic (exact) mass is 453 g/mol. The van der Waals surface area contributed by atoms with E-state index in [2.05, 4.69) is 59.4 Å². The number of thiocarbonyl (C=S) groups is 1. The van der Waals surface area contributed by atoms with Crippen LogP contribution in [0.3, 0.4) is 0 Å². The van der Waals surface area contributed by atoms with Crippen LogP contribution in [0.4, 0.5) is 14.5 Å². The van der Waals surface area contributed by atoms with Crippen LogP contribution >= 0.6 is 12.2 Å². The summed E-state index contributed by atoms with van der Waals surface area (Å²) in [6, 6.07) is 17.0. The second kappa shape index (κ2) is 9.24. The number of rotatable bonds is 3. The second-order valence-electron chi connectivity index (χ2n) is 8.60. The van der Waals surface area contributed by atoms with Gasteiger partial charge >= 0.3 is 0 Å². The Morgan fingerprint density at radius 3 is 2.27 bits per heavy atom. The molecule has 0 amide bonds. The number of aliphatic imine (C=N–C) groups is 1. The van der Waals surface area contributed by atoms with E-state index >= 15 is 0 Å². The number of nitrogens with zero attached hydrogens (tertiary/aromatic N) is 1. The third-order valence-electron chi connectivity index (χ3n) is 6.47. The van der Waals surface area contributed by atoms with E-state index in [0.717, 1.165) is 27.8 Å². The van der Waals surface area contributed by atoms with Gasteiger partial charge in [0.1, 0.15) is 5.69 Å². The molecular formula is C29H21F2NS. The van der Waals surface area contributed by atoms with Gasteiger partial charge in [-0.05, 0) is 89.1 Å². The molecule has 3 aromatic carbocycles. The van der Waals surface area contributed by atoms with Gasteiger partial charge in [-0.15, -0.1) is 0 Å². The summed E-state index contributed by atoms with van der Waals surface area (Å²) in [5.41, 5.74) is 6.44. The summed E-state index contributed by atoms with van der Waals surface area (Å²) >= 11 is 4.46. The Kier molecular flexibility index (Phi) is 6.01. The lowest BCUT2D eigenvalue weighted by Crippen LogP contribution is -1.91. The van der Waals surface area contributed by atoms with Gasteiger partial charge in [0, 0.05) is 17.6 Å². The largest absolute Gasteiger partial charge is 0.204 e. The Hall–Kier alpha value is -3.38. The molecular weight excluding hydrogens is 432 g/mol. The minimum atomic E-state index is -0.758. The van der Waals surface area contributed by atoms with Crippen molar-refractivity contribution in [2.45, 2.75) is 38.0 Å². The zero-order valence-corrected chi connectivity index (χ0v) is 18.8. The van der Waals surface area contributed by atoms with E-state index in [1.807, 2.05) is 23.4 Å². The summed E-state index contributed by atoms with van der Waals surface area (Å²) in [4.78, 5) is 3.47. The van der Waals surface area contributed by atoms with Gasteiger partial charge in [0.25, 0.3) is 0 Å². The summed E-state index contributed by atoms with van der Waals surface area (Å²) in [7, 11) is 0. The van der Waals surface area contributed by atoms with Gasteiger partial charge in [0.15, 0.2) is 11.6 Å². The van der Waals surface area contributed by atoms with E-state index in [1.54, 1.807) is 0 Å². The number of isothiocyanates is 1. The van der Waals surface area contributed by atoms with Crippen molar-refractivity contribution >= 4 is 29.1 Å². The predicted molar refractivity (Wildman–Crippen MR) is 133 cm³/mol. The normalized spacial score (nSPS) is 14.8. The molecule has 0 aromatic heterocycles. The number of fused-ring (bicyclic) bond motifs is 1. The molecule has 1 fully saturated rings. The third-order valence-corrected chi connectivity index (χ3v) is 6.56. The van der Waals surface area contributed by atoms with Crippen molar-refractivity contribution in [2.24, 2.45) is 4.99 Å². The van der Waals surface area contributed by atoms with E-state index in [9.17, 15) is 8.78 Å². The minimum absolute atomic E-state index is 0.412. The van der Waals surface area contributed by atoms with Crippen molar-refractivity contribution < 1.29 is 8.78 Å². The fourth-order valence-electron chi connectivity index (χ4n) is 4.74. The highest BCUT2D eigenvalue weighted by atomic mass is 32.1. The van der Waals surface area contributed by atoms with E-state index in [0.29, 0.717) is 17.9 Å². The van der Waals surface area contributed by atoms with E-state index < -0.39 is 17.3 Å². The molecule has 1 saturated carbocycles. The molecule has 3 aromatic rings. The summed E-state index contributed by atoms with van der Waals surface area (Å²) < 4.78 is 28.5. The predicted octanol–water partition coefficient (Wildman–Crippen LogP) is 8.01. The van der Waals surface area contributed by atoms with Crippen molar-refractivity contribution in [3.63, 3.8) is 0 Å². The lowest BCUT2D eigenvalue weighted by atomic mass is 9.97. The average molecular weight is 454 g/mol. The SMILES string of the molecule is Fc1cc(-c2ccc3c(c2)CC(C#Cc2ccc(C4CCCC4)cc2)=C3)cc(F)c1N=C=S. The van der Waals surface area contributed by atoms with Crippen molar-refractivity contribution in [3.8, 4) is 23.0 Å². The molecule has 33 heavy (non-hydrogen) atoms. The Bertz CT molecular complexity index is 1340. The third kappa shape index (κ3) is 4.57. The van der Waals surface area contributed by atoms with Gasteiger partial charge in [0.2, 0.25) is 0 Å². The van der Waals surface area contributed by atoms with Gasteiger partial charge in [-0.25, -0.2) is 8.78 Å². The maximum absolute atomic E-state index is 14.2. The van der Waals surface area contributed by atoms with Gasteiger partial charge in [-0.1, -0.05) is 55.0 Å². The van der Waals surface area contributed by atoms with E-state index in [-0.39, 0.29) is 0 Å². The molecule has 0 N–H and O–H groups in total. The van der Waals surface area contributed by atoms with Gasteiger partial charge < -0.3 is 0 Å². The Labute approximate surface area is 197 Å². The zero-order valence-electron chi connectivity index (χ0n) is 18.0. The first-order valence-electron chi connectivity index (χ1n) is 11.1. The molecule has 0 radical (unpaired) electrons. The maximum Gasteiger partial charge on any atom is 0.153 e. The van der Waals surface area contributed by atoms with Gasteiger partial charge in [-0.2, -0.15) is 4.99 Å². The molecule has 162 valence electrons. The van der Waals surface area contributed by atoms with Gasteiger partial charge in [-0.3, -0.25) is 0 Å². The van der Waals surface area contributed by atoms with E-state index in [1.165, 1.54) is 43.4 Å². The quantitative estimate of drug-likeness (QED) is 0.222. The van der Waals surface area contributed by atoms with Crippen molar-refractivity contribution in [1.29, 1.82) is 0 Å². The number of halogens is 2. The van der Waals surface area contributed by atoms with Crippen LogP contribution in [0.1, 0.15) is 53.9 Å². The van der Waals surface area contributed by atoms with Crippen LogP contribution in [-0.4, -0.2) is 5.16 Å². The average Bonchev–Trinajstić information content (AvgIpc) is 3.50. The highest BCUT2D eigenvalue weighted by Gasteiger charge is 2.17. The standard InChI is InChI=1S/C29H21F2NS/c30-27-16-26(17-28(31)29(27)32-18-33)24-12-11-23-13-20(14-25(23)15-24)6-5-19-7-9-22(10-8-19)21-3-1-2-4-21/h7-13,15-17,21H,1-4,14H2. The zero-order chi connectivity index (χ0) is 22.8. The molecule has 2 aliphatic carbocycles. The molecule has 2 aliphatic rings. The van der Waals surface area contributed by atoms with Crippen LogP contribution < -0.4 is 0 Å². The highest BCUT2D eigenvalue weighted by molar-refractivity contribution is 7.78. The first-order chi connectivity index (χ1) is 16.1. The van der Waals surface area contributed by atoms with E-state index in [4.69, 9.17) is 0 Å². The molecule has 0 atom stereocenters. The number of hydrogen-bond acceptors (Lipinski definition) is 2. The Morgan fingerprint density at radius 2 is 1.58 bits per heavy atom. The first-order valence-corrected chi connectivity index (χ1v) is 11.5. The second-order valence-corrected chi connectivity index (χ2v) is 8.79. The Morgan fingerprint density at radius 1 is 0.848 bits per heavy atom. The van der Waals surface area contributed by atoms with Crippen molar-refractivity contribution in [1.82, 2.24) is 0 Å². The fraction of sp³-hybridized carbons (Fsp3) is 0.207. The Balaban J connectivity index is 1.32. The molecule has 5 rings (SSSR count). The summed E-state index contributed by atoms with van der Waals surface area (Å²) in [6.07, 6.45) is 8.04. The van der Waals surface area contributed by atoms with Crippen molar-refractivity contribution in [2.75, 3.05) is 0 Å². The molecule has 0 heterocycles.